The van der Waals surface area contributed by atoms with E-state index in [4.69, 9.17) is 0 Å². The Labute approximate surface area is 132 Å². The first-order valence-corrected chi connectivity index (χ1v) is 9.77. The third kappa shape index (κ3) is 1.98. The van der Waals surface area contributed by atoms with E-state index in [1.54, 1.807) is 5.56 Å². The number of hydrogen-bond acceptors (Lipinski definition) is 2. The second-order valence-electron chi connectivity index (χ2n) is 7.64. The summed E-state index contributed by atoms with van der Waals surface area (Å²) in [5.74, 6) is 3.01. The molecule has 3 aliphatic carbocycles. The number of phenolic OH excluding ortho intramolecular Hbond substituents is 1. The highest BCUT2D eigenvalue weighted by molar-refractivity contribution is 7.99. The number of benzene rings is 1. The van der Waals surface area contributed by atoms with Gasteiger partial charge in [-0.05, 0) is 91.2 Å². The normalized spacial score (nSPS) is 41.2. The molecular formula is C19H26OS. The molecule has 2 heteroatoms. The molecule has 2 fully saturated rings. The molecule has 5 atom stereocenters. The van der Waals surface area contributed by atoms with E-state index < -0.39 is 0 Å². The van der Waals surface area contributed by atoms with E-state index in [1.165, 1.54) is 44.1 Å². The monoisotopic (exact) mass is 302 g/mol. The highest BCUT2D eigenvalue weighted by atomic mass is 32.2. The third-order valence-corrected chi connectivity index (χ3v) is 8.25. The van der Waals surface area contributed by atoms with E-state index in [2.05, 4.69) is 31.0 Å². The zero-order chi connectivity index (χ0) is 14.6. The average molecular weight is 302 g/mol. The number of aromatic hydroxyl groups is 1. The lowest BCUT2D eigenvalue weighted by Gasteiger charge is -2.50. The van der Waals surface area contributed by atoms with Crippen LogP contribution in [-0.4, -0.2) is 16.6 Å². The minimum absolute atomic E-state index is 0.441. The Kier molecular flexibility index (Phi) is 3.29. The van der Waals surface area contributed by atoms with Crippen molar-refractivity contribution in [3.05, 3.63) is 29.3 Å². The van der Waals surface area contributed by atoms with Crippen molar-refractivity contribution in [2.45, 2.75) is 56.6 Å². The van der Waals surface area contributed by atoms with E-state index in [1.807, 2.05) is 12.1 Å². The van der Waals surface area contributed by atoms with E-state index in [0.717, 1.165) is 23.0 Å². The lowest BCUT2D eigenvalue weighted by molar-refractivity contribution is 0.0631. The van der Waals surface area contributed by atoms with Gasteiger partial charge in [0.05, 0.1) is 0 Å². The largest absolute Gasteiger partial charge is 0.508 e. The maximum atomic E-state index is 9.74. The van der Waals surface area contributed by atoms with Gasteiger partial charge in [0.15, 0.2) is 0 Å². The van der Waals surface area contributed by atoms with Crippen molar-refractivity contribution in [2.24, 2.45) is 17.3 Å². The van der Waals surface area contributed by atoms with E-state index in [-0.39, 0.29) is 0 Å². The second kappa shape index (κ2) is 4.94. The zero-order valence-electron chi connectivity index (χ0n) is 13.1. The summed E-state index contributed by atoms with van der Waals surface area (Å²) in [5.41, 5.74) is 3.55. The number of phenols is 1. The van der Waals surface area contributed by atoms with E-state index >= 15 is 0 Å². The molecule has 0 saturated heterocycles. The molecule has 2 saturated carbocycles. The van der Waals surface area contributed by atoms with Crippen LogP contribution in [0.5, 0.6) is 5.75 Å². The molecule has 1 N–H and O–H groups in total. The van der Waals surface area contributed by atoms with Gasteiger partial charge in [-0.15, -0.1) is 0 Å². The second-order valence-corrected chi connectivity index (χ2v) is 8.69. The number of thioether (sulfide) groups is 1. The predicted octanol–water partition coefficient (Wildman–Crippen LogP) is 4.98. The molecule has 1 aromatic carbocycles. The van der Waals surface area contributed by atoms with Gasteiger partial charge in [0.25, 0.3) is 0 Å². The van der Waals surface area contributed by atoms with Crippen molar-refractivity contribution in [2.75, 3.05) is 6.26 Å². The fraction of sp³-hybridized carbons (Fsp3) is 0.684. The third-order valence-electron chi connectivity index (χ3n) is 6.91. The Balaban J connectivity index is 1.68. The van der Waals surface area contributed by atoms with Crippen LogP contribution in [0.2, 0.25) is 0 Å². The summed E-state index contributed by atoms with van der Waals surface area (Å²) in [5, 5.41) is 10.6. The van der Waals surface area contributed by atoms with Gasteiger partial charge in [0, 0.05) is 5.25 Å². The summed E-state index contributed by atoms with van der Waals surface area (Å²) in [6.45, 7) is 2.58. The molecule has 1 aromatic rings. The quantitative estimate of drug-likeness (QED) is 0.789. The summed E-state index contributed by atoms with van der Waals surface area (Å²) >= 11 is 2.11. The number of rotatable bonds is 1. The molecule has 4 unspecified atom stereocenters. The molecule has 4 rings (SSSR count). The van der Waals surface area contributed by atoms with Crippen molar-refractivity contribution >= 4 is 11.8 Å². The molecule has 0 heterocycles. The topological polar surface area (TPSA) is 20.2 Å². The fourth-order valence-corrected chi connectivity index (χ4v) is 7.11. The summed E-state index contributed by atoms with van der Waals surface area (Å²) in [4.78, 5) is 0. The Morgan fingerprint density at radius 2 is 2.05 bits per heavy atom. The molecular weight excluding hydrogens is 276 g/mol. The lowest BCUT2D eigenvalue weighted by Crippen LogP contribution is -2.43. The molecule has 21 heavy (non-hydrogen) atoms. The molecule has 0 spiro atoms. The van der Waals surface area contributed by atoms with Crippen molar-refractivity contribution in [1.29, 1.82) is 0 Å². The molecule has 3 aliphatic rings. The molecule has 0 aromatic heterocycles. The molecule has 0 bridgehead atoms. The number of fused-ring (bicyclic) bond motifs is 5. The highest BCUT2D eigenvalue weighted by Crippen LogP contribution is 2.62. The van der Waals surface area contributed by atoms with Crippen molar-refractivity contribution in [1.82, 2.24) is 0 Å². The van der Waals surface area contributed by atoms with Crippen LogP contribution in [0.4, 0.5) is 0 Å². The maximum Gasteiger partial charge on any atom is 0.115 e. The van der Waals surface area contributed by atoms with Crippen LogP contribution >= 0.6 is 11.8 Å². The van der Waals surface area contributed by atoms with Crippen molar-refractivity contribution in [3.8, 4) is 5.75 Å². The summed E-state index contributed by atoms with van der Waals surface area (Å²) in [7, 11) is 0. The fourth-order valence-electron chi connectivity index (χ4n) is 5.91. The average Bonchev–Trinajstić information content (AvgIpc) is 2.83. The van der Waals surface area contributed by atoms with Gasteiger partial charge >= 0.3 is 0 Å². The molecule has 114 valence electrons. The summed E-state index contributed by atoms with van der Waals surface area (Å²) in [6, 6.07) is 6.12. The summed E-state index contributed by atoms with van der Waals surface area (Å²) < 4.78 is 0. The smallest absolute Gasteiger partial charge is 0.115 e. The van der Waals surface area contributed by atoms with Crippen LogP contribution in [0.1, 0.15) is 56.1 Å². The van der Waals surface area contributed by atoms with Gasteiger partial charge in [-0.2, -0.15) is 11.8 Å². The number of hydrogen-bond donors (Lipinski definition) is 1. The first-order valence-electron chi connectivity index (χ1n) is 8.48. The van der Waals surface area contributed by atoms with Crippen molar-refractivity contribution in [3.63, 3.8) is 0 Å². The van der Waals surface area contributed by atoms with Gasteiger partial charge in [0.2, 0.25) is 0 Å². The van der Waals surface area contributed by atoms with Crippen molar-refractivity contribution < 1.29 is 5.11 Å². The first-order chi connectivity index (χ1) is 10.1. The minimum Gasteiger partial charge on any atom is -0.508 e. The van der Waals surface area contributed by atoms with Gasteiger partial charge in [-0.1, -0.05) is 13.0 Å². The Morgan fingerprint density at radius 3 is 2.86 bits per heavy atom. The van der Waals surface area contributed by atoms with Gasteiger partial charge in [-0.25, -0.2) is 0 Å². The Bertz CT molecular complexity index is 554. The zero-order valence-corrected chi connectivity index (χ0v) is 14.0. The van der Waals surface area contributed by atoms with Crippen LogP contribution in [0, 0.1) is 17.3 Å². The minimum atomic E-state index is 0.441. The van der Waals surface area contributed by atoms with E-state index in [0.29, 0.717) is 11.2 Å². The van der Waals surface area contributed by atoms with Crippen LogP contribution in [0.15, 0.2) is 18.2 Å². The highest BCUT2D eigenvalue weighted by Gasteiger charge is 2.54. The van der Waals surface area contributed by atoms with Gasteiger partial charge in [0.1, 0.15) is 5.75 Å². The predicted molar refractivity (Wildman–Crippen MR) is 90.0 cm³/mol. The Morgan fingerprint density at radius 1 is 1.19 bits per heavy atom. The number of aryl methyl sites for hydroxylation is 1. The standard InChI is InChI=1S/C19H26OS/c1-19-10-9-15-14-6-4-13(20)11-12(14)3-5-16(15)17(19)7-8-18(19)21-2/h4,6,11,15-18,20H,3,5,7-10H2,1-2H3/t15?,16?,17?,18-,19?/m0/s1. The molecule has 1 nitrogen and oxygen atoms in total. The van der Waals surface area contributed by atoms with Crippen LogP contribution < -0.4 is 0 Å². The Hall–Kier alpha value is -0.630. The van der Waals surface area contributed by atoms with Gasteiger partial charge < -0.3 is 5.11 Å². The first kappa shape index (κ1) is 14.0. The molecule has 0 aliphatic heterocycles. The van der Waals surface area contributed by atoms with Crippen LogP contribution in [0.25, 0.3) is 0 Å². The SMILES string of the molecule is CS[C@H]1CCC2C3CCc4cc(O)ccc4C3CCC21C. The summed E-state index contributed by atoms with van der Waals surface area (Å²) in [6.07, 6.45) is 10.4. The van der Waals surface area contributed by atoms with Crippen LogP contribution in [-0.2, 0) is 6.42 Å². The lowest BCUT2D eigenvalue weighted by atomic mass is 9.56. The van der Waals surface area contributed by atoms with Crippen LogP contribution in [0.3, 0.4) is 0 Å². The van der Waals surface area contributed by atoms with Gasteiger partial charge in [-0.3, -0.25) is 0 Å². The maximum absolute atomic E-state index is 9.74. The molecule has 0 amide bonds. The van der Waals surface area contributed by atoms with E-state index in [9.17, 15) is 5.11 Å². The molecule has 0 radical (unpaired) electrons.